The maximum atomic E-state index is 12.1. The predicted molar refractivity (Wildman–Crippen MR) is 87.0 cm³/mol. The summed E-state index contributed by atoms with van der Waals surface area (Å²) in [5.41, 5.74) is 0.655. The molecule has 0 heterocycles. The summed E-state index contributed by atoms with van der Waals surface area (Å²) in [4.78, 5) is 12.1. The predicted octanol–water partition coefficient (Wildman–Crippen LogP) is 4.94. The summed E-state index contributed by atoms with van der Waals surface area (Å²) in [5.74, 6) is 2.32. The number of hydrogen-bond acceptors (Lipinski definition) is 1. The molecule has 2 aliphatic carbocycles. The van der Waals surface area contributed by atoms with Crippen LogP contribution in [-0.4, -0.2) is 12.1 Å². The minimum atomic E-state index is -0.177. The zero-order chi connectivity index (χ0) is 15.0. The number of nitrogens with one attached hydrogen (secondary N) is 2. The van der Waals surface area contributed by atoms with Crippen LogP contribution >= 0.6 is 23.2 Å². The molecule has 114 valence electrons. The van der Waals surface area contributed by atoms with Gasteiger partial charge in [0.1, 0.15) is 0 Å². The lowest BCUT2D eigenvalue weighted by molar-refractivity contribution is 0.230. The van der Waals surface area contributed by atoms with Crippen molar-refractivity contribution in [1.82, 2.24) is 5.32 Å². The SMILES string of the molecule is C[C@@H](NC(=O)Nc1ccc(Cl)c(Cl)c1)[C@@H]1C[C@@H]2CC[C@@H]1C2. The Morgan fingerprint density at radius 3 is 2.67 bits per heavy atom. The third kappa shape index (κ3) is 3.29. The second-order valence-corrected chi connectivity index (χ2v) is 7.17. The van der Waals surface area contributed by atoms with Crippen LogP contribution in [-0.2, 0) is 0 Å². The van der Waals surface area contributed by atoms with Crippen molar-refractivity contribution in [2.24, 2.45) is 17.8 Å². The molecule has 0 aromatic heterocycles. The standard InChI is InChI=1S/C16H20Cl2N2O/c1-9(13-7-10-2-3-11(13)6-10)19-16(21)20-12-4-5-14(17)15(18)8-12/h4-5,8-11,13H,2-3,6-7H2,1H3,(H2,19,20,21)/t9-,10-,11-,13+/m1/s1. The van der Waals surface area contributed by atoms with E-state index in [1.165, 1.54) is 25.7 Å². The largest absolute Gasteiger partial charge is 0.335 e. The maximum Gasteiger partial charge on any atom is 0.319 e. The highest BCUT2D eigenvalue weighted by atomic mass is 35.5. The van der Waals surface area contributed by atoms with Crippen molar-refractivity contribution in [3.05, 3.63) is 28.2 Å². The molecule has 0 radical (unpaired) electrons. The Bertz CT molecular complexity index is 549. The molecule has 1 aromatic carbocycles. The van der Waals surface area contributed by atoms with Gasteiger partial charge >= 0.3 is 6.03 Å². The number of carbonyl (C=O) groups excluding carboxylic acids is 1. The molecule has 3 rings (SSSR count). The highest BCUT2D eigenvalue weighted by Gasteiger charge is 2.42. The number of rotatable bonds is 3. The topological polar surface area (TPSA) is 41.1 Å². The molecule has 2 aliphatic rings. The summed E-state index contributed by atoms with van der Waals surface area (Å²) in [5, 5.41) is 6.80. The number of benzene rings is 1. The highest BCUT2D eigenvalue weighted by Crippen LogP contribution is 2.49. The fourth-order valence-electron chi connectivity index (χ4n) is 3.96. The van der Waals surface area contributed by atoms with E-state index in [1.807, 2.05) is 0 Å². The smallest absolute Gasteiger partial charge is 0.319 e. The lowest BCUT2D eigenvalue weighted by Crippen LogP contribution is -2.42. The summed E-state index contributed by atoms with van der Waals surface area (Å²) in [7, 11) is 0. The fourth-order valence-corrected chi connectivity index (χ4v) is 4.26. The molecule has 2 saturated carbocycles. The molecule has 5 heteroatoms. The number of fused-ring (bicyclic) bond motifs is 2. The molecule has 0 spiro atoms. The van der Waals surface area contributed by atoms with Gasteiger partial charge in [-0.3, -0.25) is 0 Å². The van der Waals surface area contributed by atoms with Crippen LogP contribution in [0.25, 0.3) is 0 Å². The van der Waals surface area contributed by atoms with Gasteiger partial charge in [0, 0.05) is 11.7 Å². The van der Waals surface area contributed by atoms with Crippen molar-refractivity contribution in [2.45, 2.75) is 38.6 Å². The van der Waals surface area contributed by atoms with Crippen LogP contribution in [0.4, 0.5) is 10.5 Å². The van der Waals surface area contributed by atoms with Crippen molar-refractivity contribution in [1.29, 1.82) is 0 Å². The summed E-state index contributed by atoms with van der Waals surface area (Å²) in [6, 6.07) is 5.12. The van der Waals surface area contributed by atoms with Gasteiger partial charge in [0.25, 0.3) is 0 Å². The van der Waals surface area contributed by atoms with E-state index in [4.69, 9.17) is 23.2 Å². The fraction of sp³-hybridized carbons (Fsp3) is 0.562. The van der Waals surface area contributed by atoms with E-state index in [-0.39, 0.29) is 12.1 Å². The molecule has 0 aliphatic heterocycles. The Kier molecular flexibility index (Phi) is 4.32. The van der Waals surface area contributed by atoms with Crippen LogP contribution in [0.3, 0.4) is 0 Å². The van der Waals surface area contributed by atoms with Gasteiger partial charge in [0.05, 0.1) is 10.0 Å². The lowest BCUT2D eigenvalue weighted by atomic mass is 9.84. The van der Waals surface area contributed by atoms with Gasteiger partial charge in [-0.1, -0.05) is 29.6 Å². The third-order valence-corrected chi connectivity index (χ3v) is 5.71. The zero-order valence-corrected chi connectivity index (χ0v) is 13.5. The maximum absolute atomic E-state index is 12.1. The molecule has 21 heavy (non-hydrogen) atoms. The quantitative estimate of drug-likeness (QED) is 0.811. The monoisotopic (exact) mass is 326 g/mol. The molecule has 2 N–H and O–H groups in total. The number of hydrogen-bond donors (Lipinski definition) is 2. The van der Waals surface area contributed by atoms with Crippen LogP contribution in [0.5, 0.6) is 0 Å². The first-order chi connectivity index (χ1) is 10.0. The van der Waals surface area contributed by atoms with E-state index in [9.17, 15) is 4.79 Å². The van der Waals surface area contributed by atoms with Crippen LogP contribution in [0.1, 0.15) is 32.6 Å². The van der Waals surface area contributed by atoms with Gasteiger partial charge in [-0.05, 0) is 62.1 Å². The Morgan fingerprint density at radius 1 is 1.24 bits per heavy atom. The number of halogens is 2. The van der Waals surface area contributed by atoms with E-state index in [2.05, 4.69) is 17.6 Å². The van der Waals surface area contributed by atoms with Gasteiger partial charge in [-0.15, -0.1) is 0 Å². The van der Waals surface area contributed by atoms with E-state index in [0.29, 0.717) is 21.7 Å². The first-order valence-corrected chi connectivity index (χ1v) is 8.31. The molecule has 0 unspecified atom stereocenters. The first kappa shape index (κ1) is 15.0. The first-order valence-electron chi connectivity index (χ1n) is 7.55. The van der Waals surface area contributed by atoms with Crippen LogP contribution in [0, 0.1) is 17.8 Å². The molecule has 2 amide bonds. The van der Waals surface area contributed by atoms with Crippen molar-refractivity contribution < 1.29 is 4.79 Å². The molecule has 1 aromatic rings. The van der Waals surface area contributed by atoms with Crippen molar-refractivity contribution in [3.8, 4) is 0 Å². The molecule has 0 saturated heterocycles. The van der Waals surface area contributed by atoms with E-state index in [1.54, 1.807) is 18.2 Å². The highest BCUT2D eigenvalue weighted by molar-refractivity contribution is 6.42. The normalized spacial score (nSPS) is 28.4. The number of urea groups is 1. The van der Waals surface area contributed by atoms with E-state index in [0.717, 1.165) is 11.8 Å². The number of anilines is 1. The van der Waals surface area contributed by atoms with Crippen LogP contribution in [0.2, 0.25) is 10.0 Å². The van der Waals surface area contributed by atoms with E-state index < -0.39 is 0 Å². The van der Waals surface area contributed by atoms with Crippen molar-refractivity contribution in [3.63, 3.8) is 0 Å². The van der Waals surface area contributed by atoms with Gasteiger partial charge in [-0.25, -0.2) is 4.79 Å². The summed E-state index contributed by atoms with van der Waals surface area (Å²) in [6.45, 7) is 2.11. The third-order valence-electron chi connectivity index (χ3n) is 4.97. The van der Waals surface area contributed by atoms with Gasteiger partial charge in [0.15, 0.2) is 0 Å². The number of carbonyl (C=O) groups is 1. The Morgan fingerprint density at radius 2 is 2.05 bits per heavy atom. The van der Waals surface area contributed by atoms with Crippen molar-refractivity contribution in [2.75, 3.05) is 5.32 Å². The van der Waals surface area contributed by atoms with Crippen LogP contribution < -0.4 is 10.6 Å². The Hall–Kier alpha value is -0.930. The van der Waals surface area contributed by atoms with Gasteiger partial charge in [0.2, 0.25) is 0 Å². The minimum absolute atomic E-state index is 0.177. The molecule has 3 nitrogen and oxygen atoms in total. The van der Waals surface area contributed by atoms with E-state index >= 15 is 0 Å². The van der Waals surface area contributed by atoms with Gasteiger partial charge < -0.3 is 10.6 Å². The summed E-state index contributed by atoms with van der Waals surface area (Å²) >= 11 is 11.8. The minimum Gasteiger partial charge on any atom is -0.335 e. The summed E-state index contributed by atoms with van der Waals surface area (Å²) < 4.78 is 0. The molecule has 2 bridgehead atoms. The molecule has 4 atom stereocenters. The molecular formula is C16H20Cl2N2O. The molecular weight excluding hydrogens is 307 g/mol. The van der Waals surface area contributed by atoms with Gasteiger partial charge in [-0.2, -0.15) is 0 Å². The second-order valence-electron chi connectivity index (χ2n) is 6.35. The average Bonchev–Trinajstić information content (AvgIpc) is 3.05. The van der Waals surface area contributed by atoms with Crippen molar-refractivity contribution >= 4 is 34.9 Å². The Labute approximate surface area is 135 Å². The molecule has 2 fully saturated rings. The average molecular weight is 327 g/mol. The summed E-state index contributed by atoms with van der Waals surface area (Å²) in [6.07, 6.45) is 5.32. The van der Waals surface area contributed by atoms with Crippen LogP contribution in [0.15, 0.2) is 18.2 Å². The zero-order valence-electron chi connectivity index (χ0n) is 12.0. The lowest BCUT2D eigenvalue weighted by Gasteiger charge is -2.28. The second kappa shape index (κ2) is 6.05. The number of amides is 2. The Balaban J connectivity index is 1.55.